The van der Waals surface area contributed by atoms with Crippen molar-refractivity contribution in [2.24, 2.45) is 0 Å². The maximum Gasteiger partial charge on any atom is 0.406 e. The largest absolute Gasteiger partial charge is 0.406 e. The zero-order valence-corrected chi connectivity index (χ0v) is 9.04. The van der Waals surface area contributed by atoms with Gasteiger partial charge in [0.15, 0.2) is 10.6 Å². The number of rotatable bonds is 2. The highest BCUT2D eigenvalue weighted by molar-refractivity contribution is 7.54. The van der Waals surface area contributed by atoms with Crippen molar-refractivity contribution in [2.75, 3.05) is 0 Å². The standard InChI is InChI=1S/C12H14OP/c13-14(11-7-3-1-4-8-11)12-9-5-2-6-10-12/h1-3,5,7,9H,4,6,8,10H2/q+1. The van der Waals surface area contributed by atoms with Crippen LogP contribution in [0.5, 0.6) is 0 Å². The molecule has 0 heterocycles. The Labute approximate surface area is 85.7 Å². The average molecular weight is 205 g/mol. The van der Waals surface area contributed by atoms with Crippen LogP contribution in [0.2, 0.25) is 0 Å². The van der Waals surface area contributed by atoms with Crippen LogP contribution in [0.15, 0.2) is 47.1 Å². The molecule has 0 saturated carbocycles. The minimum Gasteiger partial charge on any atom is -0.0839 e. The van der Waals surface area contributed by atoms with Gasteiger partial charge in [-0.1, -0.05) is 28.9 Å². The number of hydrogen-bond acceptors (Lipinski definition) is 1. The Morgan fingerprint density at radius 1 is 0.929 bits per heavy atom. The van der Waals surface area contributed by atoms with E-state index in [4.69, 9.17) is 0 Å². The Bertz CT molecular complexity index is 325. The highest BCUT2D eigenvalue weighted by Crippen LogP contribution is 2.47. The molecule has 0 N–H and O–H groups in total. The van der Waals surface area contributed by atoms with Gasteiger partial charge < -0.3 is 0 Å². The Kier molecular flexibility index (Phi) is 3.10. The van der Waals surface area contributed by atoms with E-state index >= 15 is 0 Å². The van der Waals surface area contributed by atoms with Crippen LogP contribution in [0, 0.1) is 0 Å². The number of allylic oxidation sites excluding steroid dienone is 8. The summed E-state index contributed by atoms with van der Waals surface area (Å²) in [6.07, 6.45) is 16.3. The van der Waals surface area contributed by atoms with E-state index in [2.05, 4.69) is 12.2 Å². The topological polar surface area (TPSA) is 17.1 Å². The van der Waals surface area contributed by atoms with Gasteiger partial charge in [-0.25, -0.2) is 0 Å². The molecule has 0 amide bonds. The predicted molar refractivity (Wildman–Crippen MR) is 60.5 cm³/mol. The van der Waals surface area contributed by atoms with E-state index in [1.807, 2.05) is 24.3 Å². The molecule has 2 aliphatic rings. The summed E-state index contributed by atoms with van der Waals surface area (Å²) in [6, 6.07) is 0. The fraction of sp³-hybridized carbons (Fsp3) is 0.333. The van der Waals surface area contributed by atoms with Crippen molar-refractivity contribution >= 4 is 7.80 Å². The van der Waals surface area contributed by atoms with E-state index in [1.165, 1.54) is 0 Å². The minimum absolute atomic E-state index is 0.965. The lowest BCUT2D eigenvalue weighted by atomic mass is 10.2. The molecule has 0 aliphatic heterocycles. The molecule has 2 aliphatic carbocycles. The molecule has 0 atom stereocenters. The summed E-state index contributed by atoms with van der Waals surface area (Å²) in [6.45, 7) is 0. The molecule has 14 heavy (non-hydrogen) atoms. The maximum absolute atomic E-state index is 12.1. The van der Waals surface area contributed by atoms with Crippen molar-refractivity contribution in [2.45, 2.75) is 25.7 Å². The molecule has 0 aromatic rings. The van der Waals surface area contributed by atoms with Crippen molar-refractivity contribution in [3.63, 3.8) is 0 Å². The molecule has 0 saturated heterocycles. The normalized spacial score (nSPS) is 20.3. The second-order valence-corrected chi connectivity index (χ2v) is 5.28. The van der Waals surface area contributed by atoms with Crippen LogP contribution in [0.3, 0.4) is 0 Å². The molecular weight excluding hydrogens is 191 g/mol. The SMILES string of the molecule is O=[P+](C1=CC=CCC1)C1=CC=CCC1. The van der Waals surface area contributed by atoms with Crippen molar-refractivity contribution in [3.8, 4) is 0 Å². The van der Waals surface area contributed by atoms with Crippen LogP contribution in [0.4, 0.5) is 0 Å². The van der Waals surface area contributed by atoms with E-state index in [-0.39, 0.29) is 0 Å². The smallest absolute Gasteiger partial charge is 0.0839 e. The van der Waals surface area contributed by atoms with Crippen LogP contribution in [-0.4, -0.2) is 0 Å². The van der Waals surface area contributed by atoms with Crippen LogP contribution in [-0.2, 0) is 4.57 Å². The molecule has 1 nitrogen and oxygen atoms in total. The van der Waals surface area contributed by atoms with E-state index in [1.54, 1.807) is 0 Å². The minimum atomic E-state index is -1.25. The molecule has 2 rings (SSSR count). The Morgan fingerprint density at radius 2 is 1.43 bits per heavy atom. The van der Waals surface area contributed by atoms with Gasteiger partial charge in [0.1, 0.15) is 0 Å². The predicted octanol–water partition coefficient (Wildman–Crippen LogP) is 4.28. The van der Waals surface area contributed by atoms with Gasteiger partial charge in [0.2, 0.25) is 0 Å². The summed E-state index contributed by atoms with van der Waals surface area (Å²) in [5, 5.41) is 2.23. The van der Waals surface area contributed by atoms with Crippen LogP contribution >= 0.6 is 7.80 Å². The van der Waals surface area contributed by atoms with E-state index in [9.17, 15) is 4.57 Å². The van der Waals surface area contributed by atoms with Crippen LogP contribution in [0.25, 0.3) is 0 Å². The molecule has 0 aromatic heterocycles. The maximum atomic E-state index is 12.1. The molecule has 2 heteroatoms. The number of hydrogen-bond donors (Lipinski definition) is 0. The molecule has 72 valence electrons. The van der Waals surface area contributed by atoms with Crippen molar-refractivity contribution in [3.05, 3.63) is 47.1 Å². The molecule has 0 aromatic carbocycles. The summed E-state index contributed by atoms with van der Waals surface area (Å²) >= 11 is 0. The summed E-state index contributed by atoms with van der Waals surface area (Å²) < 4.78 is 12.1. The second-order valence-electron chi connectivity index (χ2n) is 3.54. The quantitative estimate of drug-likeness (QED) is 0.615. The van der Waals surface area contributed by atoms with Gasteiger partial charge in [0.25, 0.3) is 0 Å². The third kappa shape index (κ3) is 2.10. The highest BCUT2D eigenvalue weighted by Gasteiger charge is 2.28. The van der Waals surface area contributed by atoms with Crippen LogP contribution < -0.4 is 0 Å². The second kappa shape index (κ2) is 4.52. The summed E-state index contributed by atoms with van der Waals surface area (Å²) in [5.74, 6) is 0. The van der Waals surface area contributed by atoms with Crippen molar-refractivity contribution in [1.29, 1.82) is 0 Å². The lowest BCUT2D eigenvalue weighted by molar-refractivity contribution is 0.592. The average Bonchev–Trinajstić information content (AvgIpc) is 2.30. The molecule has 0 fully saturated rings. The van der Waals surface area contributed by atoms with Crippen molar-refractivity contribution in [1.82, 2.24) is 0 Å². The highest BCUT2D eigenvalue weighted by atomic mass is 31.1. The molecule has 0 radical (unpaired) electrons. The van der Waals surface area contributed by atoms with Gasteiger partial charge in [0.05, 0.1) is 0 Å². The van der Waals surface area contributed by atoms with E-state index in [0.717, 1.165) is 36.3 Å². The fourth-order valence-electron chi connectivity index (χ4n) is 1.70. The molecular formula is C12H14OP+. The summed E-state index contributed by atoms with van der Waals surface area (Å²) in [7, 11) is -1.25. The Balaban J connectivity index is 2.14. The zero-order chi connectivity index (χ0) is 9.80. The lowest BCUT2D eigenvalue weighted by Crippen LogP contribution is -1.87. The Morgan fingerprint density at radius 3 is 1.79 bits per heavy atom. The van der Waals surface area contributed by atoms with Gasteiger partial charge in [-0.3, -0.25) is 0 Å². The lowest BCUT2D eigenvalue weighted by Gasteiger charge is -2.01. The van der Waals surface area contributed by atoms with Gasteiger partial charge >= 0.3 is 7.80 Å². The molecule has 0 unspecified atom stereocenters. The van der Waals surface area contributed by atoms with Crippen molar-refractivity contribution < 1.29 is 4.57 Å². The molecule has 0 spiro atoms. The first-order valence-electron chi connectivity index (χ1n) is 5.06. The summed E-state index contributed by atoms with van der Waals surface area (Å²) in [5.41, 5.74) is 0. The van der Waals surface area contributed by atoms with Gasteiger partial charge in [0, 0.05) is 12.8 Å². The first-order chi connectivity index (χ1) is 6.88. The Hall–Kier alpha value is -0.940. The first kappa shape index (κ1) is 9.61. The third-order valence-electron chi connectivity index (χ3n) is 2.51. The van der Waals surface area contributed by atoms with Gasteiger partial charge in [-0.2, -0.15) is 0 Å². The first-order valence-corrected chi connectivity index (χ1v) is 6.32. The van der Waals surface area contributed by atoms with E-state index < -0.39 is 7.80 Å². The van der Waals surface area contributed by atoms with Gasteiger partial charge in [-0.05, 0) is 25.0 Å². The zero-order valence-electron chi connectivity index (χ0n) is 8.15. The fourth-order valence-corrected chi connectivity index (χ4v) is 3.18. The van der Waals surface area contributed by atoms with Gasteiger partial charge in [-0.15, -0.1) is 0 Å². The summed E-state index contributed by atoms with van der Waals surface area (Å²) in [4.78, 5) is 0. The third-order valence-corrected chi connectivity index (χ3v) is 4.29. The molecule has 0 bridgehead atoms. The monoisotopic (exact) mass is 205 g/mol. The van der Waals surface area contributed by atoms with Crippen LogP contribution in [0.1, 0.15) is 25.7 Å². The van der Waals surface area contributed by atoms with E-state index in [0.29, 0.717) is 0 Å².